The van der Waals surface area contributed by atoms with Crippen molar-refractivity contribution in [1.82, 2.24) is 4.57 Å². The van der Waals surface area contributed by atoms with Gasteiger partial charge in [-0.25, -0.2) is 0 Å². The molecule has 0 bridgehead atoms. The van der Waals surface area contributed by atoms with Gasteiger partial charge in [0.1, 0.15) is 17.5 Å². The Morgan fingerprint density at radius 3 is 2.50 bits per heavy atom. The number of rotatable bonds is 3. The number of nitrogen functional groups attached to an aromatic ring is 1. The highest BCUT2D eigenvalue weighted by molar-refractivity contribution is 5.56. The van der Waals surface area contributed by atoms with Crippen LogP contribution in [0.4, 0.5) is 5.69 Å². The van der Waals surface area contributed by atoms with Gasteiger partial charge < -0.3 is 10.5 Å². The number of hydrogen-bond acceptors (Lipinski definition) is 3. The Balaban J connectivity index is 2.45. The van der Waals surface area contributed by atoms with E-state index in [2.05, 4.69) is 6.07 Å². The van der Waals surface area contributed by atoms with Crippen LogP contribution < -0.4 is 10.5 Å². The van der Waals surface area contributed by atoms with E-state index in [-0.39, 0.29) is 6.04 Å². The van der Waals surface area contributed by atoms with Crippen LogP contribution in [-0.4, -0.2) is 4.57 Å². The molecule has 2 rings (SSSR count). The monoisotopic (exact) mass is 241 g/mol. The summed E-state index contributed by atoms with van der Waals surface area (Å²) in [6.07, 6.45) is 0. The minimum Gasteiger partial charge on any atom is -0.439 e. The molecule has 0 aliphatic rings. The Bertz CT molecular complexity index is 579. The molecule has 1 heterocycles. The Morgan fingerprint density at radius 1 is 1.28 bits per heavy atom. The van der Waals surface area contributed by atoms with Gasteiger partial charge in [0.25, 0.3) is 0 Å². The molecule has 0 spiro atoms. The fraction of sp³-hybridized carbons (Fsp3) is 0.214. The number of benzene rings is 1. The minimum absolute atomic E-state index is 0.107. The molecule has 0 atom stereocenters. The van der Waals surface area contributed by atoms with Crippen molar-refractivity contribution in [2.45, 2.75) is 19.9 Å². The third kappa shape index (κ3) is 2.16. The second-order valence-corrected chi connectivity index (χ2v) is 4.28. The fourth-order valence-corrected chi connectivity index (χ4v) is 1.83. The fourth-order valence-electron chi connectivity index (χ4n) is 1.83. The van der Waals surface area contributed by atoms with Crippen molar-refractivity contribution in [1.29, 1.82) is 5.26 Å². The number of ether oxygens (including phenoxy) is 1. The lowest BCUT2D eigenvalue weighted by Crippen LogP contribution is -2.05. The van der Waals surface area contributed by atoms with E-state index < -0.39 is 0 Å². The highest BCUT2D eigenvalue weighted by Crippen LogP contribution is 2.33. The van der Waals surface area contributed by atoms with Gasteiger partial charge in [0.15, 0.2) is 0 Å². The molecule has 4 nitrogen and oxygen atoms in total. The molecule has 1 aromatic heterocycles. The van der Waals surface area contributed by atoms with Crippen molar-refractivity contribution >= 4 is 5.69 Å². The van der Waals surface area contributed by atoms with Crippen LogP contribution in [0.5, 0.6) is 11.6 Å². The molecule has 0 saturated carbocycles. The largest absolute Gasteiger partial charge is 0.439 e. The Kier molecular flexibility index (Phi) is 3.24. The molecule has 92 valence electrons. The molecule has 0 radical (unpaired) electrons. The second-order valence-electron chi connectivity index (χ2n) is 4.28. The molecule has 0 aliphatic carbocycles. The summed E-state index contributed by atoms with van der Waals surface area (Å²) in [4.78, 5) is 0. The standard InChI is InChI=1S/C14H15N3O/c1-10(2)17-11(9-15)8-13(16)14(17)18-12-6-4-3-5-7-12/h3-8,10H,16H2,1-2H3. The van der Waals surface area contributed by atoms with Crippen LogP contribution in [0.3, 0.4) is 0 Å². The van der Waals surface area contributed by atoms with Gasteiger partial charge >= 0.3 is 0 Å². The number of anilines is 1. The molecule has 2 N–H and O–H groups in total. The van der Waals surface area contributed by atoms with E-state index in [0.29, 0.717) is 23.0 Å². The molecule has 2 aromatic rings. The first-order valence-electron chi connectivity index (χ1n) is 5.77. The van der Waals surface area contributed by atoms with Crippen LogP contribution in [0.1, 0.15) is 25.6 Å². The Labute approximate surface area is 106 Å². The molecule has 0 aliphatic heterocycles. The minimum atomic E-state index is 0.107. The number of hydrogen-bond donors (Lipinski definition) is 1. The van der Waals surface area contributed by atoms with E-state index in [4.69, 9.17) is 15.7 Å². The van der Waals surface area contributed by atoms with Crippen LogP contribution in [0.25, 0.3) is 0 Å². The number of nitriles is 1. The highest BCUT2D eigenvalue weighted by atomic mass is 16.5. The van der Waals surface area contributed by atoms with Gasteiger partial charge in [-0.05, 0) is 26.0 Å². The summed E-state index contributed by atoms with van der Waals surface area (Å²) >= 11 is 0. The Hall–Kier alpha value is -2.41. The van der Waals surface area contributed by atoms with Crippen LogP contribution in [-0.2, 0) is 0 Å². The van der Waals surface area contributed by atoms with Crippen molar-refractivity contribution in [2.75, 3.05) is 5.73 Å². The van der Waals surface area contributed by atoms with Crippen molar-refractivity contribution in [3.63, 3.8) is 0 Å². The van der Waals surface area contributed by atoms with Gasteiger partial charge in [0.05, 0.1) is 5.69 Å². The SMILES string of the molecule is CC(C)n1c(C#N)cc(N)c1Oc1ccccc1. The van der Waals surface area contributed by atoms with Gasteiger partial charge in [-0.15, -0.1) is 0 Å². The molecule has 0 amide bonds. The molecule has 4 heteroatoms. The summed E-state index contributed by atoms with van der Waals surface area (Å²) < 4.78 is 7.56. The first kappa shape index (κ1) is 12.1. The summed E-state index contributed by atoms with van der Waals surface area (Å²) in [5.41, 5.74) is 6.89. The van der Waals surface area contributed by atoms with Crippen molar-refractivity contribution in [2.24, 2.45) is 0 Å². The predicted molar refractivity (Wildman–Crippen MR) is 70.5 cm³/mol. The second kappa shape index (κ2) is 4.84. The molecule has 1 aromatic carbocycles. The third-order valence-electron chi connectivity index (χ3n) is 2.61. The summed E-state index contributed by atoms with van der Waals surface area (Å²) in [6, 6.07) is 13.3. The average molecular weight is 241 g/mol. The zero-order valence-corrected chi connectivity index (χ0v) is 10.4. The molecule has 0 fully saturated rings. The maximum Gasteiger partial charge on any atom is 0.224 e. The molecule has 0 saturated heterocycles. The highest BCUT2D eigenvalue weighted by Gasteiger charge is 2.17. The zero-order chi connectivity index (χ0) is 13.1. The summed E-state index contributed by atoms with van der Waals surface area (Å²) in [5.74, 6) is 1.22. The molecule has 18 heavy (non-hydrogen) atoms. The number of para-hydroxylation sites is 1. The topological polar surface area (TPSA) is 64.0 Å². The quantitative estimate of drug-likeness (QED) is 0.896. The van der Waals surface area contributed by atoms with E-state index in [1.54, 1.807) is 10.6 Å². The first-order valence-corrected chi connectivity index (χ1v) is 5.77. The maximum atomic E-state index is 9.09. The van der Waals surface area contributed by atoms with Crippen molar-refractivity contribution in [3.05, 3.63) is 42.1 Å². The van der Waals surface area contributed by atoms with E-state index in [1.165, 1.54) is 0 Å². The zero-order valence-electron chi connectivity index (χ0n) is 10.4. The predicted octanol–water partition coefficient (Wildman–Crippen LogP) is 3.32. The van der Waals surface area contributed by atoms with Gasteiger partial charge in [-0.2, -0.15) is 5.26 Å². The summed E-state index contributed by atoms with van der Waals surface area (Å²) in [5, 5.41) is 9.09. The smallest absolute Gasteiger partial charge is 0.224 e. The third-order valence-corrected chi connectivity index (χ3v) is 2.61. The van der Waals surface area contributed by atoms with Gasteiger partial charge in [0, 0.05) is 12.1 Å². The average Bonchev–Trinajstić information content (AvgIpc) is 2.67. The maximum absolute atomic E-state index is 9.09. The molecule has 0 unspecified atom stereocenters. The summed E-state index contributed by atoms with van der Waals surface area (Å²) in [6.45, 7) is 3.97. The van der Waals surface area contributed by atoms with Crippen LogP contribution in [0.2, 0.25) is 0 Å². The van der Waals surface area contributed by atoms with Gasteiger partial charge in [-0.3, -0.25) is 4.57 Å². The van der Waals surface area contributed by atoms with E-state index in [0.717, 1.165) is 0 Å². The molecular weight excluding hydrogens is 226 g/mol. The normalized spacial score (nSPS) is 10.3. The summed E-state index contributed by atoms with van der Waals surface area (Å²) in [7, 11) is 0. The first-order chi connectivity index (χ1) is 8.63. The van der Waals surface area contributed by atoms with E-state index in [9.17, 15) is 0 Å². The van der Waals surface area contributed by atoms with Crippen LogP contribution in [0, 0.1) is 11.3 Å². The Morgan fingerprint density at radius 2 is 1.94 bits per heavy atom. The lowest BCUT2D eigenvalue weighted by molar-refractivity contribution is 0.412. The van der Waals surface area contributed by atoms with Crippen LogP contribution in [0.15, 0.2) is 36.4 Å². The van der Waals surface area contributed by atoms with Gasteiger partial charge in [-0.1, -0.05) is 18.2 Å². The lowest BCUT2D eigenvalue weighted by atomic mass is 10.3. The van der Waals surface area contributed by atoms with E-state index in [1.807, 2.05) is 44.2 Å². The number of aromatic nitrogens is 1. The van der Waals surface area contributed by atoms with Crippen LogP contribution >= 0.6 is 0 Å². The van der Waals surface area contributed by atoms with Crippen molar-refractivity contribution in [3.8, 4) is 17.7 Å². The number of nitrogens with two attached hydrogens (primary N) is 1. The van der Waals surface area contributed by atoms with Crippen molar-refractivity contribution < 1.29 is 4.74 Å². The lowest BCUT2D eigenvalue weighted by Gasteiger charge is -2.15. The van der Waals surface area contributed by atoms with Gasteiger partial charge in [0.2, 0.25) is 5.88 Å². The molecular formula is C14H15N3O. The number of nitrogens with zero attached hydrogens (tertiary/aromatic N) is 2. The van der Waals surface area contributed by atoms with E-state index >= 15 is 0 Å².